The Hall–Kier alpha value is -0.830. The van der Waals surface area contributed by atoms with Gasteiger partial charge in [-0.3, -0.25) is 4.79 Å². The molecule has 3 heteroatoms. The summed E-state index contributed by atoms with van der Waals surface area (Å²) in [4.78, 5) is 10.9. The zero-order valence-electron chi connectivity index (χ0n) is 8.94. The predicted molar refractivity (Wildman–Crippen MR) is 58.1 cm³/mol. The van der Waals surface area contributed by atoms with Crippen LogP contribution in [-0.4, -0.2) is 26.0 Å². The van der Waals surface area contributed by atoms with Gasteiger partial charge in [0.2, 0.25) is 5.91 Å². The molecule has 0 aromatic carbocycles. The maximum Gasteiger partial charge on any atom is 0.221 e. The molecule has 3 nitrogen and oxygen atoms in total. The fourth-order valence-electron chi connectivity index (χ4n) is 1.67. The van der Waals surface area contributed by atoms with Gasteiger partial charge in [-0.15, -0.1) is 0 Å². The molecule has 1 amide bonds. The van der Waals surface area contributed by atoms with Gasteiger partial charge < -0.3 is 10.6 Å². The Morgan fingerprint density at radius 2 is 2.36 bits per heavy atom. The molecule has 0 radical (unpaired) electrons. The molecule has 1 aliphatic carbocycles. The average molecular weight is 196 g/mol. The van der Waals surface area contributed by atoms with Crippen molar-refractivity contribution >= 4 is 5.91 Å². The first kappa shape index (κ1) is 11.2. The van der Waals surface area contributed by atoms with E-state index in [1.807, 2.05) is 0 Å². The standard InChI is InChI=1S/C11H20N2O/c1-12-11(14)7-9-13-8-6-10-4-2-3-5-10/h4,13H,2-3,5-9H2,1H3,(H,12,14). The van der Waals surface area contributed by atoms with E-state index >= 15 is 0 Å². The van der Waals surface area contributed by atoms with Gasteiger partial charge in [-0.1, -0.05) is 11.6 Å². The maximum atomic E-state index is 10.9. The van der Waals surface area contributed by atoms with E-state index in [0.29, 0.717) is 6.42 Å². The highest BCUT2D eigenvalue weighted by molar-refractivity contribution is 5.75. The Morgan fingerprint density at radius 1 is 1.50 bits per heavy atom. The van der Waals surface area contributed by atoms with E-state index in [9.17, 15) is 4.79 Å². The lowest BCUT2D eigenvalue weighted by Crippen LogP contribution is -2.25. The molecule has 0 spiro atoms. The lowest BCUT2D eigenvalue weighted by Gasteiger charge is -2.04. The number of carbonyl (C=O) groups excluding carboxylic acids is 1. The molecule has 0 unspecified atom stereocenters. The van der Waals surface area contributed by atoms with E-state index in [2.05, 4.69) is 16.7 Å². The van der Waals surface area contributed by atoms with Gasteiger partial charge in [0.25, 0.3) is 0 Å². The van der Waals surface area contributed by atoms with Crippen molar-refractivity contribution in [1.29, 1.82) is 0 Å². The van der Waals surface area contributed by atoms with Crippen molar-refractivity contribution in [2.24, 2.45) is 0 Å². The maximum absolute atomic E-state index is 10.9. The van der Waals surface area contributed by atoms with Gasteiger partial charge in [-0.05, 0) is 32.2 Å². The first-order valence-electron chi connectivity index (χ1n) is 5.42. The number of nitrogens with one attached hydrogen (secondary N) is 2. The molecule has 0 saturated heterocycles. The van der Waals surface area contributed by atoms with Gasteiger partial charge in [0.1, 0.15) is 0 Å². The molecule has 0 aromatic rings. The highest BCUT2D eigenvalue weighted by Gasteiger charge is 2.03. The average Bonchev–Trinajstić information content (AvgIpc) is 2.69. The van der Waals surface area contributed by atoms with Gasteiger partial charge in [-0.2, -0.15) is 0 Å². The quantitative estimate of drug-likeness (QED) is 0.495. The summed E-state index contributed by atoms with van der Waals surface area (Å²) in [6, 6.07) is 0. The van der Waals surface area contributed by atoms with E-state index in [0.717, 1.165) is 19.5 Å². The smallest absolute Gasteiger partial charge is 0.221 e. The number of hydrogen-bond acceptors (Lipinski definition) is 2. The van der Waals surface area contributed by atoms with E-state index < -0.39 is 0 Å². The van der Waals surface area contributed by atoms with Crippen molar-refractivity contribution in [3.8, 4) is 0 Å². The monoisotopic (exact) mass is 196 g/mol. The van der Waals surface area contributed by atoms with Crippen molar-refractivity contribution in [3.05, 3.63) is 11.6 Å². The zero-order valence-corrected chi connectivity index (χ0v) is 8.94. The van der Waals surface area contributed by atoms with Gasteiger partial charge in [0.15, 0.2) is 0 Å². The minimum atomic E-state index is 0.109. The van der Waals surface area contributed by atoms with Crippen LogP contribution < -0.4 is 10.6 Å². The van der Waals surface area contributed by atoms with Gasteiger partial charge >= 0.3 is 0 Å². The van der Waals surface area contributed by atoms with E-state index in [4.69, 9.17) is 0 Å². The zero-order chi connectivity index (χ0) is 10.2. The third-order valence-electron chi connectivity index (χ3n) is 2.57. The Bertz CT molecular complexity index is 211. The normalized spacial score (nSPS) is 15.4. The Morgan fingerprint density at radius 3 is 3.00 bits per heavy atom. The minimum absolute atomic E-state index is 0.109. The number of carbonyl (C=O) groups is 1. The van der Waals surface area contributed by atoms with Crippen LogP contribution in [0.15, 0.2) is 11.6 Å². The number of rotatable bonds is 6. The molecule has 1 aliphatic rings. The fourth-order valence-corrected chi connectivity index (χ4v) is 1.67. The molecular formula is C11H20N2O. The number of amides is 1. The van der Waals surface area contributed by atoms with E-state index in [1.54, 1.807) is 12.6 Å². The van der Waals surface area contributed by atoms with E-state index in [-0.39, 0.29) is 5.91 Å². The van der Waals surface area contributed by atoms with Crippen molar-refractivity contribution in [2.45, 2.75) is 32.1 Å². The first-order chi connectivity index (χ1) is 6.83. The van der Waals surface area contributed by atoms with Crippen LogP contribution in [-0.2, 0) is 4.79 Å². The molecule has 0 fully saturated rings. The first-order valence-corrected chi connectivity index (χ1v) is 5.42. The molecule has 0 aliphatic heterocycles. The molecule has 80 valence electrons. The topological polar surface area (TPSA) is 41.1 Å². The minimum Gasteiger partial charge on any atom is -0.359 e. The lowest BCUT2D eigenvalue weighted by molar-refractivity contribution is -0.120. The molecule has 0 aromatic heterocycles. The van der Waals surface area contributed by atoms with Crippen molar-refractivity contribution < 1.29 is 4.79 Å². The predicted octanol–water partition coefficient (Wildman–Crippen LogP) is 1.21. The SMILES string of the molecule is CNC(=O)CCNCCC1=CCCC1. The number of allylic oxidation sites excluding steroid dienone is 1. The molecule has 0 heterocycles. The van der Waals surface area contributed by atoms with Crippen LogP contribution in [0, 0.1) is 0 Å². The molecule has 0 bridgehead atoms. The molecular weight excluding hydrogens is 176 g/mol. The second kappa shape index (κ2) is 6.60. The second-order valence-corrected chi connectivity index (χ2v) is 3.68. The highest BCUT2D eigenvalue weighted by atomic mass is 16.1. The Balaban J connectivity index is 1.91. The van der Waals surface area contributed by atoms with Crippen LogP contribution in [0.25, 0.3) is 0 Å². The largest absolute Gasteiger partial charge is 0.359 e. The summed E-state index contributed by atoms with van der Waals surface area (Å²) >= 11 is 0. The van der Waals surface area contributed by atoms with Crippen molar-refractivity contribution in [1.82, 2.24) is 10.6 Å². The third kappa shape index (κ3) is 4.42. The highest BCUT2D eigenvalue weighted by Crippen LogP contribution is 2.19. The fraction of sp³-hybridized carbons (Fsp3) is 0.727. The summed E-state index contributed by atoms with van der Waals surface area (Å²) < 4.78 is 0. The van der Waals surface area contributed by atoms with Crippen molar-refractivity contribution in [2.75, 3.05) is 20.1 Å². The summed E-state index contributed by atoms with van der Waals surface area (Å²) in [5, 5.41) is 5.88. The van der Waals surface area contributed by atoms with Crippen LogP contribution in [0.1, 0.15) is 32.1 Å². The van der Waals surface area contributed by atoms with Crippen LogP contribution in [0.3, 0.4) is 0 Å². The Labute approximate surface area is 86.0 Å². The van der Waals surface area contributed by atoms with Crippen LogP contribution in [0.4, 0.5) is 0 Å². The van der Waals surface area contributed by atoms with Crippen LogP contribution in [0.5, 0.6) is 0 Å². The molecule has 0 atom stereocenters. The summed E-state index contributed by atoms with van der Waals surface area (Å²) in [6.07, 6.45) is 7.93. The van der Waals surface area contributed by atoms with Gasteiger partial charge in [-0.25, -0.2) is 0 Å². The lowest BCUT2D eigenvalue weighted by atomic mass is 10.2. The molecule has 14 heavy (non-hydrogen) atoms. The third-order valence-corrected chi connectivity index (χ3v) is 2.57. The second-order valence-electron chi connectivity index (χ2n) is 3.68. The number of hydrogen-bond donors (Lipinski definition) is 2. The molecule has 2 N–H and O–H groups in total. The molecule has 1 rings (SSSR count). The Kier molecular flexibility index (Phi) is 5.30. The summed E-state index contributed by atoms with van der Waals surface area (Å²) in [6.45, 7) is 1.79. The van der Waals surface area contributed by atoms with Crippen molar-refractivity contribution in [3.63, 3.8) is 0 Å². The summed E-state index contributed by atoms with van der Waals surface area (Å²) in [5.74, 6) is 0.109. The van der Waals surface area contributed by atoms with Crippen LogP contribution in [0.2, 0.25) is 0 Å². The van der Waals surface area contributed by atoms with Gasteiger partial charge in [0.05, 0.1) is 0 Å². The van der Waals surface area contributed by atoms with Crippen LogP contribution >= 0.6 is 0 Å². The summed E-state index contributed by atoms with van der Waals surface area (Å²) in [5.41, 5.74) is 1.58. The van der Waals surface area contributed by atoms with E-state index in [1.165, 1.54) is 19.3 Å². The molecule has 0 saturated carbocycles. The van der Waals surface area contributed by atoms with Gasteiger partial charge in [0, 0.05) is 20.0 Å². The summed E-state index contributed by atoms with van der Waals surface area (Å²) in [7, 11) is 1.67.